The molecule has 0 spiro atoms. The van der Waals surface area contributed by atoms with E-state index in [-0.39, 0.29) is 0 Å². The second-order valence-electron chi connectivity index (χ2n) is 6.84. The number of hydrogen-bond donors (Lipinski definition) is 1. The fraction of sp³-hybridized carbons (Fsp3) is 0.455. The topological polar surface area (TPSA) is 33.7 Å². The van der Waals surface area contributed by atoms with Gasteiger partial charge in [0.25, 0.3) is 0 Å². The molecule has 4 nitrogen and oxygen atoms in total. The van der Waals surface area contributed by atoms with Gasteiger partial charge in [0.2, 0.25) is 0 Å². The number of halogens is 2. The summed E-state index contributed by atoms with van der Waals surface area (Å²) in [5.41, 5.74) is 3.25. The Balaban J connectivity index is 1.70. The molecule has 6 heteroatoms. The standard InChI is InChI=1S/C22H28BrClN2O2/c1-3-27-21-13-16(12-18(23)22(21)28-4-2)15-25-17-8-9-20(19(24)14-17)26-10-6-5-7-11-26/h8-9,12-14,25H,3-7,10-11,15H2,1-2H3. The first-order valence-electron chi connectivity index (χ1n) is 9.98. The Morgan fingerprint density at radius 1 is 1.04 bits per heavy atom. The number of hydrogen-bond acceptors (Lipinski definition) is 4. The fourth-order valence-corrected chi connectivity index (χ4v) is 4.39. The van der Waals surface area contributed by atoms with Gasteiger partial charge in [0.15, 0.2) is 11.5 Å². The molecule has 2 aromatic carbocycles. The minimum Gasteiger partial charge on any atom is -0.490 e. The van der Waals surface area contributed by atoms with Gasteiger partial charge in [-0.05, 0) is 84.9 Å². The van der Waals surface area contributed by atoms with Gasteiger partial charge < -0.3 is 19.7 Å². The van der Waals surface area contributed by atoms with Crippen LogP contribution in [0.5, 0.6) is 11.5 Å². The number of nitrogens with one attached hydrogen (secondary N) is 1. The van der Waals surface area contributed by atoms with Crippen molar-refractivity contribution in [3.8, 4) is 11.5 Å². The Kier molecular flexibility index (Phi) is 7.74. The molecule has 1 N–H and O–H groups in total. The van der Waals surface area contributed by atoms with Crippen molar-refractivity contribution >= 4 is 38.9 Å². The highest BCUT2D eigenvalue weighted by atomic mass is 79.9. The van der Waals surface area contributed by atoms with E-state index in [4.69, 9.17) is 21.1 Å². The van der Waals surface area contributed by atoms with Crippen LogP contribution in [0.15, 0.2) is 34.8 Å². The van der Waals surface area contributed by atoms with E-state index >= 15 is 0 Å². The maximum Gasteiger partial charge on any atom is 0.175 e. The SMILES string of the molecule is CCOc1cc(CNc2ccc(N3CCCCC3)c(Cl)c2)cc(Br)c1OCC. The minimum absolute atomic E-state index is 0.594. The summed E-state index contributed by atoms with van der Waals surface area (Å²) < 4.78 is 12.4. The van der Waals surface area contributed by atoms with Crippen LogP contribution in [0.3, 0.4) is 0 Å². The summed E-state index contributed by atoms with van der Waals surface area (Å²) in [6, 6.07) is 10.3. The van der Waals surface area contributed by atoms with Crippen LogP contribution in [0.1, 0.15) is 38.7 Å². The smallest absolute Gasteiger partial charge is 0.175 e. The van der Waals surface area contributed by atoms with Crippen molar-refractivity contribution in [3.63, 3.8) is 0 Å². The largest absolute Gasteiger partial charge is 0.490 e. The highest BCUT2D eigenvalue weighted by Gasteiger charge is 2.15. The number of ether oxygens (including phenoxy) is 2. The summed E-state index contributed by atoms with van der Waals surface area (Å²) >= 11 is 10.2. The highest BCUT2D eigenvalue weighted by molar-refractivity contribution is 9.10. The molecule has 2 aromatic rings. The summed E-state index contributed by atoms with van der Waals surface area (Å²) in [4.78, 5) is 2.38. The molecule has 0 amide bonds. The molecule has 1 heterocycles. The van der Waals surface area contributed by atoms with Gasteiger partial charge in [-0.25, -0.2) is 0 Å². The average molecular weight is 468 g/mol. The predicted octanol–water partition coefficient (Wildman–Crippen LogP) is 6.50. The highest BCUT2D eigenvalue weighted by Crippen LogP contribution is 2.37. The average Bonchev–Trinajstić information content (AvgIpc) is 2.70. The molecule has 28 heavy (non-hydrogen) atoms. The van der Waals surface area contributed by atoms with E-state index in [0.29, 0.717) is 19.8 Å². The summed E-state index contributed by atoms with van der Waals surface area (Å²) in [5, 5.41) is 4.26. The third kappa shape index (κ3) is 5.26. The van der Waals surface area contributed by atoms with Crippen LogP contribution < -0.4 is 19.7 Å². The van der Waals surface area contributed by atoms with Gasteiger partial charge >= 0.3 is 0 Å². The van der Waals surface area contributed by atoms with Crippen LogP contribution in [-0.4, -0.2) is 26.3 Å². The Labute approximate surface area is 181 Å². The quantitative estimate of drug-likeness (QED) is 0.480. The molecular weight excluding hydrogens is 440 g/mol. The Bertz CT molecular complexity index is 794. The van der Waals surface area contributed by atoms with Gasteiger partial charge in [-0.3, -0.25) is 0 Å². The lowest BCUT2D eigenvalue weighted by Gasteiger charge is -2.29. The predicted molar refractivity (Wildman–Crippen MR) is 121 cm³/mol. The zero-order valence-corrected chi connectivity index (χ0v) is 18.9. The van der Waals surface area contributed by atoms with Gasteiger partial charge in [-0.2, -0.15) is 0 Å². The Morgan fingerprint density at radius 2 is 1.79 bits per heavy atom. The van der Waals surface area contributed by atoms with E-state index in [1.54, 1.807) is 0 Å². The lowest BCUT2D eigenvalue weighted by atomic mass is 10.1. The van der Waals surface area contributed by atoms with Crippen molar-refractivity contribution in [1.29, 1.82) is 0 Å². The van der Waals surface area contributed by atoms with Crippen molar-refractivity contribution < 1.29 is 9.47 Å². The van der Waals surface area contributed by atoms with Crippen LogP contribution in [0.2, 0.25) is 5.02 Å². The number of piperidine rings is 1. The molecule has 0 unspecified atom stereocenters. The molecule has 0 saturated carbocycles. The van der Waals surface area contributed by atoms with Crippen molar-refractivity contribution in [1.82, 2.24) is 0 Å². The van der Waals surface area contributed by atoms with Gasteiger partial charge in [0.05, 0.1) is 28.4 Å². The second-order valence-corrected chi connectivity index (χ2v) is 8.10. The molecular formula is C22H28BrClN2O2. The number of anilines is 2. The van der Waals surface area contributed by atoms with Gasteiger partial charge in [-0.1, -0.05) is 11.6 Å². The third-order valence-corrected chi connectivity index (χ3v) is 5.69. The zero-order valence-electron chi connectivity index (χ0n) is 16.6. The lowest BCUT2D eigenvalue weighted by molar-refractivity contribution is 0.286. The number of nitrogens with zero attached hydrogens (tertiary/aromatic N) is 1. The summed E-state index contributed by atoms with van der Waals surface area (Å²) in [5.74, 6) is 1.51. The lowest BCUT2D eigenvalue weighted by Crippen LogP contribution is -2.29. The van der Waals surface area contributed by atoms with E-state index in [0.717, 1.165) is 51.0 Å². The zero-order chi connectivity index (χ0) is 19.9. The Hall–Kier alpha value is -1.59. The van der Waals surface area contributed by atoms with Crippen LogP contribution in [0, 0.1) is 0 Å². The van der Waals surface area contributed by atoms with Crippen molar-refractivity contribution in [2.24, 2.45) is 0 Å². The van der Waals surface area contributed by atoms with E-state index in [9.17, 15) is 0 Å². The molecule has 3 rings (SSSR count). The molecule has 1 saturated heterocycles. The number of rotatable bonds is 8. The summed E-state index contributed by atoms with van der Waals surface area (Å²) in [7, 11) is 0. The molecule has 1 aliphatic heterocycles. The van der Waals surface area contributed by atoms with Crippen LogP contribution in [0.4, 0.5) is 11.4 Å². The normalized spacial score (nSPS) is 14.1. The fourth-order valence-electron chi connectivity index (χ4n) is 3.48. The van der Waals surface area contributed by atoms with E-state index < -0.39 is 0 Å². The molecule has 152 valence electrons. The maximum absolute atomic E-state index is 6.57. The third-order valence-electron chi connectivity index (χ3n) is 4.80. The summed E-state index contributed by atoms with van der Waals surface area (Å²) in [6.45, 7) is 7.98. The first-order chi connectivity index (χ1) is 13.6. The van der Waals surface area contributed by atoms with E-state index in [1.165, 1.54) is 19.3 Å². The van der Waals surface area contributed by atoms with Gasteiger partial charge in [0, 0.05) is 25.3 Å². The van der Waals surface area contributed by atoms with Crippen LogP contribution in [0.25, 0.3) is 0 Å². The first kappa shape index (κ1) is 21.1. The van der Waals surface area contributed by atoms with Crippen molar-refractivity contribution in [2.75, 3.05) is 36.5 Å². The van der Waals surface area contributed by atoms with Crippen molar-refractivity contribution in [3.05, 3.63) is 45.4 Å². The maximum atomic E-state index is 6.57. The van der Waals surface area contributed by atoms with Gasteiger partial charge in [-0.15, -0.1) is 0 Å². The molecule has 1 aliphatic rings. The minimum atomic E-state index is 0.594. The Morgan fingerprint density at radius 3 is 2.46 bits per heavy atom. The van der Waals surface area contributed by atoms with E-state index in [2.05, 4.69) is 44.3 Å². The molecule has 0 aromatic heterocycles. The molecule has 0 bridgehead atoms. The monoisotopic (exact) mass is 466 g/mol. The van der Waals surface area contributed by atoms with E-state index in [1.807, 2.05) is 26.0 Å². The summed E-state index contributed by atoms with van der Waals surface area (Å²) in [6.07, 6.45) is 3.80. The van der Waals surface area contributed by atoms with Gasteiger partial charge in [0.1, 0.15) is 0 Å². The first-order valence-corrected chi connectivity index (χ1v) is 11.2. The van der Waals surface area contributed by atoms with Crippen LogP contribution >= 0.6 is 27.5 Å². The second kappa shape index (κ2) is 10.3. The molecule has 1 fully saturated rings. The number of benzene rings is 2. The van der Waals surface area contributed by atoms with Crippen LogP contribution in [-0.2, 0) is 6.54 Å². The molecule has 0 atom stereocenters. The molecule has 0 aliphatic carbocycles. The van der Waals surface area contributed by atoms with Crippen molar-refractivity contribution in [2.45, 2.75) is 39.7 Å². The molecule has 0 radical (unpaired) electrons.